The Morgan fingerprint density at radius 1 is 1.10 bits per heavy atom. The highest BCUT2D eigenvalue weighted by molar-refractivity contribution is 6.05. The first-order valence-corrected chi connectivity index (χ1v) is 7.16. The van der Waals surface area contributed by atoms with E-state index >= 15 is 0 Å². The van der Waals surface area contributed by atoms with Gasteiger partial charge in [-0.1, -0.05) is 12.1 Å². The fourth-order valence-corrected chi connectivity index (χ4v) is 2.27. The molecule has 0 spiro atoms. The first-order chi connectivity index (χ1) is 10.0. The van der Waals surface area contributed by atoms with Crippen LogP contribution in [0.4, 0.5) is 5.82 Å². The Balaban J connectivity index is 1.82. The van der Waals surface area contributed by atoms with Gasteiger partial charge < -0.3 is 15.1 Å². The summed E-state index contributed by atoms with van der Waals surface area (Å²) in [5.41, 5.74) is 2.52. The molecule has 5 nitrogen and oxygen atoms in total. The minimum absolute atomic E-state index is 0.113. The van der Waals surface area contributed by atoms with E-state index in [9.17, 15) is 0 Å². The third kappa shape index (κ3) is 2.97. The highest BCUT2D eigenvalue weighted by atomic mass is 16.3. The van der Waals surface area contributed by atoms with E-state index in [1.54, 1.807) is 6.33 Å². The number of para-hydroxylation sites is 1. The van der Waals surface area contributed by atoms with Gasteiger partial charge in [-0.25, -0.2) is 9.97 Å². The molecule has 2 N–H and O–H groups in total. The lowest BCUT2D eigenvalue weighted by molar-refractivity contribution is 0.435. The van der Waals surface area contributed by atoms with Gasteiger partial charge in [-0.2, -0.15) is 0 Å². The van der Waals surface area contributed by atoms with Gasteiger partial charge >= 0.3 is 0 Å². The Hall–Kier alpha value is -2.14. The van der Waals surface area contributed by atoms with Crippen LogP contribution in [0.1, 0.15) is 20.8 Å². The summed E-state index contributed by atoms with van der Waals surface area (Å²) in [5, 5.41) is 7.76. The van der Waals surface area contributed by atoms with E-state index in [-0.39, 0.29) is 5.54 Å². The van der Waals surface area contributed by atoms with E-state index in [0.29, 0.717) is 0 Å². The van der Waals surface area contributed by atoms with Crippen molar-refractivity contribution in [2.75, 3.05) is 18.4 Å². The van der Waals surface area contributed by atoms with Gasteiger partial charge in [0.05, 0.1) is 0 Å². The predicted molar refractivity (Wildman–Crippen MR) is 85.6 cm³/mol. The quantitative estimate of drug-likeness (QED) is 0.720. The molecule has 1 aromatic carbocycles. The zero-order valence-corrected chi connectivity index (χ0v) is 12.6. The third-order valence-corrected chi connectivity index (χ3v) is 3.23. The largest absolute Gasteiger partial charge is 0.450 e. The highest BCUT2D eigenvalue weighted by Gasteiger charge is 2.12. The lowest BCUT2D eigenvalue weighted by Gasteiger charge is -2.20. The van der Waals surface area contributed by atoms with Crippen LogP contribution in [0.15, 0.2) is 35.0 Å². The molecule has 3 rings (SSSR count). The minimum atomic E-state index is 0.113. The molecule has 2 heterocycles. The molecule has 0 saturated carbocycles. The summed E-state index contributed by atoms with van der Waals surface area (Å²) in [6.45, 7) is 8.08. The molecule has 0 aliphatic heterocycles. The minimum Gasteiger partial charge on any atom is -0.450 e. The monoisotopic (exact) mass is 284 g/mol. The fraction of sp³-hybridized carbons (Fsp3) is 0.375. The van der Waals surface area contributed by atoms with Crippen LogP contribution in [-0.4, -0.2) is 28.6 Å². The fourth-order valence-electron chi connectivity index (χ4n) is 2.27. The molecule has 0 bridgehead atoms. The molecule has 0 radical (unpaired) electrons. The second-order valence-corrected chi connectivity index (χ2v) is 6.10. The number of nitrogens with one attached hydrogen (secondary N) is 2. The molecular formula is C16H20N4O. The Morgan fingerprint density at radius 3 is 2.71 bits per heavy atom. The van der Waals surface area contributed by atoms with Crippen molar-refractivity contribution in [2.45, 2.75) is 26.3 Å². The summed E-state index contributed by atoms with van der Waals surface area (Å²) >= 11 is 0. The molecule has 0 amide bonds. The van der Waals surface area contributed by atoms with E-state index in [1.165, 1.54) is 0 Å². The van der Waals surface area contributed by atoms with Crippen molar-refractivity contribution in [1.29, 1.82) is 0 Å². The molecule has 110 valence electrons. The summed E-state index contributed by atoms with van der Waals surface area (Å²) in [6.07, 6.45) is 1.57. The van der Waals surface area contributed by atoms with Crippen LogP contribution in [-0.2, 0) is 0 Å². The molecule has 0 saturated heterocycles. The van der Waals surface area contributed by atoms with Crippen LogP contribution >= 0.6 is 0 Å². The molecule has 21 heavy (non-hydrogen) atoms. The van der Waals surface area contributed by atoms with Crippen LogP contribution < -0.4 is 10.6 Å². The number of rotatable bonds is 4. The second-order valence-electron chi connectivity index (χ2n) is 6.10. The zero-order valence-electron chi connectivity index (χ0n) is 12.6. The van der Waals surface area contributed by atoms with Gasteiger partial charge in [0.15, 0.2) is 11.4 Å². The third-order valence-electron chi connectivity index (χ3n) is 3.23. The molecule has 2 aromatic heterocycles. The van der Waals surface area contributed by atoms with Crippen molar-refractivity contribution < 1.29 is 4.42 Å². The number of fused-ring (bicyclic) bond motifs is 3. The maximum absolute atomic E-state index is 5.87. The first-order valence-electron chi connectivity index (χ1n) is 7.16. The van der Waals surface area contributed by atoms with Crippen LogP contribution in [0.5, 0.6) is 0 Å². The molecule has 0 atom stereocenters. The van der Waals surface area contributed by atoms with Gasteiger partial charge in [-0.3, -0.25) is 0 Å². The normalized spacial score (nSPS) is 12.1. The number of hydrogen-bond acceptors (Lipinski definition) is 5. The first kappa shape index (κ1) is 13.8. The maximum atomic E-state index is 5.87. The van der Waals surface area contributed by atoms with E-state index in [1.807, 2.05) is 24.3 Å². The lowest BCUT2D eigenvalue weighted by atomic mass is 10.1. The molecule has 5 heteroatoms. The van der Waals surface area contributed by atoms with Crippen molar-refractivity contribution in [3.8, 4) is 0 Å². The standard InChI is InChI=1S/C16H20N4O/c1-16(2,3)20-9-8-17-15-14-13(18-10-19-15)11-6-4-5-7-12(11)21-14/h4-7,10,20H,8-9H2,1-3H3,(H,17,18,19). The lowest BCUT2D eigenvalue weighted by Crippen LogP contribution is -2.38. The second kappa shape index (κ2) is 5.33. The summed E-state index contributed by atoms with van der Waals surface area (Å²) in [6, 6.07) is 7.90. The average molecular weight is 284 g/mol. The van der Waals surface area contributed by atoms with E-state index in [4.69, 9.17) is 4.42 Å². The van der Waals surface area contributed by atoms with E-state index < -0.39 is 0 Å². The van der Waals surface area contributed by atoms with Gasteiger partial charge in [0.2, 0.25) is 0 Å². The topological polar surface area (TPSA) is 63.0 Å². The van der Waals surface area contributed by atoms with E-state index in [0.717, 1.165) is 41.0 Å². The van der Waals surface area contributed by atoms with Crippen LogP contribution in [0.2, 0.25) is 0 Å². The number of furan rings is 1. The smallest absolute Gasteiger partial charge is 0.196 e. The van der Waals surface area contributed by atoms with Crippen molar-refractivity contribution >= 4 is 27.9 Å². The van der Waals surface area contributed by atoms with Crippen LogP contribution in [0.25, 0.3) is 22.1 Å². The van der Waals surface area contributed by atoms with Gasteiger partial charge in [-0.15, -0.1) is 0 Å². The average Bonchev–Trinajstić information content (AvgIpc) is 2.82. The zero-order chi connectivity index (χ0) is 14.9. The molecule has 0 fully saturated rings. The Morgan fingerprint density at radius 2 is 1.90 bits per heavy atom. The van der Waals surface area contributed by atoms with Crippen molar-refractivity contribution in [2.24, 2.45) is 0 Å². The number of hydrogen-bond donors (Lipinski definition) is 2. The highest BCUT2D eigenvalue weighted by Crippen LogP contribution is 2.29. The van der Waals surface area contributed by atoms with E-state index in [2.05, 4.69) is 41.4 Å². The van der Waals surface area contributed by atoms with Crippen LogP contribution in [0.3, 0.4) is 0 Å². The van der Waals surface area contributed by atoms with Gasteiger partial charge in [0, 0.05) is 24.0 Å². The predicted octanol–water partition coefficient (Wildman–Crippen LogP) is 3.18. The van der Waals surface area contributed by atoms with Crippen LogP contribution in [0, 0.1) is 0 Å². The molecule has 0 aliphatic rings. The van der Waals surface area contributed by atoms with Gasteiger partial charge in [0.1, 0.15) is 17.4 Å². The number of benzene rings is 1. The number of nitrogens with zero attached hydrogens (tertiary/aromatic N) is 2. The molecule has 0 aliphatic carbocycles. The summed E-state index contributed by atoms with van der Waals surface area (Å²) in [4.78, 5) is 8.63. The van der Waals surface area contributed by atoms with Crippen molar-refractivity contribution in [3.63, 3.8) is 0 Å². The summed E-state index contributed by atoms with van der Waals surface area (Å²) in [5.74, 6) is 0.743. The number of anilines is 1. The summed E-state index contributed by atoms with van der Waals surface area (Å²) < 4.78 is 5.87. The molecular weight excluding hydrogens is 264 g/mol. The SMILES string of the molecule is CC(C)(C)NCCNc1ncnc2c1oc1ccccc12. The Kier molecular flexibility index (Phi) is 3.51. The van der Waals surface area contributed by atoms with Gasteiger partial charge in [0.25, 0.3) is 0 Å². The Labute approximate surface area is 123 Å². The molecule has 0 unspecified atom stereocenters. The Bertz CT molecular complexity index is 758. The van der Waals surface area contributed by atoms with Crippen molar-refractivity contribution in [1.82, 2.24) is 15.3 Å². The molecule has 3 aromatic rings. The van der Waals surface area contributed by atoms with Crippen molar-refractivity contribution in [3.05, 3.63) is 30.6 Å². The summed E-state index contributed by atoms with van der Waals surface area (Å²) in [7, 11) is 0. The van der Waals surface area contributed by atoms with Gasteiger partial charge in [-0.05, 0) is 32.9 Å². The maximum Gasteiger partial charge on any atom is 0.196 e. The number of aromatic nitrogens is 2.